The van der Waals surface area contributed by atoms with Crippen molar-refractivity contribution in [3.8, 4) is 0 Å². The molecule has 31 heavy (non-hydrogen) atoms. The topological polar surface area (TPSA) is 147 Å². The molecule has 2 heterocycles. The van der Waals surface area contributed by atoms with Gasteiger partial charge < -0.3 is 24.9 Å². The molecule has 160 valence electrons. The Morgan fingerprint density at radius 2 is 1.94 bits per heavy atom. The number of furan rings is 1. The summed E-state index contributed by atoms with van der Waals surface area (Å²) < 4.78 is 15.2. The van der Waals surface area contributed by atoms with Crippen molar-refractivity contribution in [3.05, 3.63) is 65.0 Å². The number of carbonyl (C=O) groups is 3. The van der Waals surface area contributed by atoms with E-state index in [2.05, 4.69) is 20.0 Å². The third kappa shape index (κ3) is 5.37. The minimum Gasteiger partial charge on any atom is -0.458 e. The first-order valence-corrected chi connectivity index (χ1v) is 9.26. The smallest absolute Gasteiger partial charge is 0.344 e. The molecule has 0 saturated carbocycles. The van der Waals surface area contributed by atoms with Gasteiger partial charge in [0.2, 0.25) is 6.79 Å². The van der Waals surface area contributed by atoms with E-state index in [-0.39, 0.29) is 34.1 Å². The summed E-state index contributed by atoms with van der Waals surface area (Å²) >= 11 is 6.08. The van der Waals surface area contributed by atoms with Crippen LogP contribution in [-0.4, -0.2) is 34.6 Å². The number of rotatable bonds is 7. The zero-order chi connectivity index (χ0) is 22.4. The van der Waals surface area contributed by atoms with Crippen LogP contribution in [-0.2, 0) is 25.6 Å². The van der Waals surface area contributed by atoms with Crippen LogP contribution < -0.4 is 11.1 Å². The van der Waals surface area contributed by atoms with E-state index in [0.717, 1.165) is 6.20 Å². The number of benzene rings is 1. The molecule has 11 heteroatoms. The van der Waals surface area contributed by atoms with Gasteiger partial charge in [0.05, 0.1) is 12.1 Å². The molecule has 0 aliphatic rings. The number of esters is 2. The average molecular weight is 445 g/mol. The summed E-state index contributed by atoms with van der Waals surface area (Å²) in [6, 6.07) is 6.20. The predicted octanol–water partition coefficient (Wildman–Crippen LogP) is 2.17. The number of ether oxygens (including phenoxy) is 2. The number of fused-ring (bicyclic) bond motifs is 1. The lowest BCUT2D eigenvalue weighted by atomic mass is 10.1. The fourth-order valence-corrected chi connectivity index (χ4v) is 2.83. The van der Waals surface area contributed by atoms with Gasteiger partial charge in [0.15, 0.2) is 5.82 Å². The van der Waals surface area contributed by atoms with Gasteiger partial charge in [-0.1, -0.05) is 11.6 Å². The Morgan fingerprint density at radius 1 is 1.19 bits per heavy atom. The van der Waals surface area contributed by atoms with Crippen LogP contribution in [0.1, 0.15) is 28.9 Å². The molecule has 10 nitrogen and oxygen atoms in total. The van der Waals surface area contributed by atoms with Crippen molar-refractivity contribution < 1.29 is 28.3 Å². The number of nitrogens with two attached hydrogens (primary N) is 1. The highest BCUT2D eigenvalue weighted by Crippen LogP contribution is 2.28. The van der Waals surface area contributed by atoms with Crippen LogP contribution in [0.25, 0.3) is 16.5 Å². The van der Waals surface area contributed by atoms with Crippen molar-refractivity contribution in [1.82, 2.24) is 15.3 Å². The monoisotopic (exact) mass is 444 g/mol. The predicted molar refractivity (Wildman–Crippen MR) is 109 cm³/mol. The number of hydrogen-bond acceptors (Lipinski definition) is 9. The fraction of sp³-hybridized carbons (Fsp3) is 0.150. The van der Waals surface area contributed by atoms with E-state index in [0.29, 0.717) is 11.1 Å². The van der Waals surface area contributed by atoms with Gasteiger partial charge in [-0.05, 0) is 24.3 Å². The standard InChI is InChI=1S/C20H17ClN4O6/c1-11(26)29-10-30-20(28)15-7-13(21)5-12-6-14(31-17(12)15)9-25-19(27)16(8-22)18-23-3-2-4-24-18/h2-8H,9-10,22H2,1H3,(H,25,27)/b16-8+. The quantitative estimate of drug-likeness (QED) is 0.318. The van der Waals surface area contributed by atoms with E-state index in [9.17, 15) is 14.4 Å². The highest BCUT2D eigenvalue weighted by molar-refractivity contribution is 6.32. The van der Waals surface area contributed by atoms with Crippen LogP contribution in [0.5, 0.6) is 0 Å². The minimum absolute atomic E-state index is 0.00274. The second-order valence-corrected chi connectivity index (χ2v) is 6.54. The van der Waals surface area contributed by atoms with E-state index in [1.54, 1.807) is 18.2 Å². The summed E-state index contributed by atoms with van der Waals surface area (Å²) in [6.07, 6.45) is 4.09. The first kappa shape index (κ1) is 21.8. The third-order valence-corrected chi connectivity index (χ3v) is 4.16. The number of halogens is 1. The van der Waals surface area contributed by atoms with Crippen molar-refractivity contribution in [2.24, 2.45) is 5.73 Å². The summed E-state index contributed by atoms with van der Waals surface area (Å²) in [5.74, 6) is -1.35. The average Bonchev–Trinajstić information content (AvgIpc) is 3.15. The van der Waals surface area contributed by atoms with Crippen LogP contribution in [0.2, 0.25) is 5.02 Å². The molecule has 0 bridgehead atoms. The van der Waals surface area contributed by atoms with Crippen molar-refractivity contribution in [2.75, 3.05) is 6.79 Å². The zero-order valence-electron chi connectivity index (χ0n) is 16.3. The third-order valence-electron chi connectivity index (χ3n) is 3.95. The molecular formula is C20H17ClN4O6. The highest BCUT2D eigenvalue weighted by atomic mass is 35.5. The van der Waals surface area contributed by atoms with Crippen molar-refractivity contribution >= 4 is 46.0 Å². The molecule has 0 aliphatic carbocycles. The van der Waals surface area contributed by atoms with Gasteiger partial charge in [-0.15, -0.1) is 0 Å². The van der Waals surface area contributed by atoms with Gasteiger partial charge in [-0.3, -0.25) is 9.59 Å². The minimum atomic E-state index is -0.784. The molecule has 3 aromatic rings. The van der Waals surface area contributed by atoms with Crippen molar-refractivity contribution in [2.45, 2.75) is 13.5 Å². The maximum Gasteiger partial charge on any atom is 0.344 e. The van der Waals surface area contributed by atoms with Crippen LogP contribution in [0.4, 0.5) is 0 Å². The van der Waals surface area contributed by atoms with Crippen LogP contribution in [0, 0.1) is 0 Å². The molecule has 3 rings (SSSR count). The molecule has 1 aromatic carbocycles. The maximum absolute atomic E-state index is 12.4. The van der Waals surface area contributed by atoms with E-state index in [1.165, 1.54) is 25.4 Å². The molecule has 0 atom stereocenters. The molecule has 3 N–H and O–H groups in total. The normalized spacial score (nSPS) is 11.2. The number of amides is 1. The maximum atomic E-state index is 12.4. The Balaban J connectivity index is 1.76. The first-order valence-electron chi connectivity index (χ1n) is 8.89. The van der Waals surface area contributed by atoms with E-state index in [4.69, 9.17) is 26.5 Å². The molecule has 0 saturated heterocycles. The molecule has 2 aromatic heterocycles. The Hall–Kier alpha value is -3.92. The molecule has 0 spiro atoms. The fourth-order valence-electron chi connectivity index (χ4n) is 2.60. The Kier molecular flexibility index (Phi) is 6.83. The van der Waals surface area contributed by atoms with Crippen LogP contribution in [0.15, 0.2) is 47.3 Å². The number of nitrogens with zero attached hydrogens (tertiary/aromatic N) is 2. The van der Waals surface area contributed by atoms with E-state index < -0.39 is 24.6 Å². The Bertz CT molecular complexity index is 1160. The molecular weight excluding hydrogens is 428 g/mol. The summed E-state index contributed by atoms with van der Waals surface area (Å²) in [4.78, 5) is 43.6. The van der Waals surface area contributed by atoms with Gasteiger partial charge in [-0.25, -0.2) is 14.8 Å². The summed E-state index contributed by atoms with van der Waals surface area (Å²) in [5, 5.41) is 3.45. The lowest BCUT2D eigenvalue weighted by Crippen LogP contribution is -2.25. The number of aromatic nitrogens is 2. The molecule has 0 radical (unpaired) electrons. The van der Waals surface area contributed by atoms with Gasteiger partial charge in [-0.2, -0.15) is 0 Å². The summed E-state index contributed by atoms with van der Waals surface area (Å²) in [6.45, 7) is 0.645. The molecule has 0 aliphatic heterocycles. The lowest BCUT2D eigenvalue weighted by molar-refractivity contribution is -0.149. The number of nitrogens with one attached hydrogen (secondary N) is 1. The van der Waals surface area contributed by atoms with Gasteiger partial charge in [0.25, 0.3) is 5.91 Å². The molecule has 0 unspecified atom stereocenters. The second-order valence-electron chi connectivity index (χ2n) is 6.11. The summed E-state index contributed by atoms with van der Waals surface area (Å²) in [5.41, 5.74) is 5.89. The summed E-state index contributed by atoms with van der Waals surface area (Å²) in [7, 11) is 0. The van der Waals surface area contributed by atoms with Crippen LogP contribution in [0.3, 0.4) is 0 Å². The van der Waals surface area contributed by atoms with E-state index >= 15 is 0 Å². The highest BCUT2D eigenvalue weighted by Gasteiger charge is 2.19. The van der Waals surface area contributed by atoms with Gasteiger partial charge in [0.1, 0.15) is 16.9 Å². The van der Waals surface area contributed by atoms with Crippen LogP contribution >= 0.6 is 11.6 Å². The Labute approximate surface area is 181 Å². The van der Waals surface area contributed by atoms with Crippen molar-refractivity contribution in [1.29, 1.82) is 0 Å². The van der Waals surface area contributed by atoms with E-state index in [1.807, 2.05) is 0 Å². The van der Waals surface area contributed by atoms with Gasteiger partial charge >= 0.3 is 11.9 Å². The second kappa shape index (κ2) is 9.72. The Morgan fingerprint density at radius 3 is 2.61 bits per heavy atom. The molecule has 1 amide bonds. The zero-order valence-corrected chi connectivity index (χ0v) is 17.0. The molecule has 0 fully saturated rings. The number of carbonyl (C=O) groups excluding carboxylic acids is 3. The number of hydrogen-bond donors (Lipinski definition) is 2. The van der Waals surface area contributed by atoms with Crippen molar-refractivity contribution in [3.63, 3.8) is 0 Å². The largest absolute Gasteiger partial charge is 0.458 e. The lowest BCUT2D eigenvalue weighted by Gasteiger charge is -2.06. The first-order chi connectivity index (χ1) is 14.9. The van der Waals surface area contributed by atoms with Gasteiger partial charge in [0, 0.05) is 35.9 Å². The SMILES string of the molecule is CC(=O)OCOC(=O)c1cc(Cl)cc2cc(CNC(=O)/C(=C/N)c3ncccn3)oc12.